The Balaban J connectivity index is 0.000000281. The highest BCUT2D eigenvalue weighted by Crippen LogP contribution is 1.93. The molecule has 0 aliphatic heterocycles. The van der Waals surface area contributed by atoms with Crippen LogP contribution in [0.1, 0.15) is 0 Å². The zero-order valence-electron chi connectivity index (χ0n) is 8.81. The van der Waals surface area contributed by atoms with E-state index in [1.165, 1.54) is 24.3 Å². The van der Waals surface area contributed by atoms with E-state index in [1.54, 1.807) is 0 Å². The molecule has 0 aromatic heterocycles. The van der Waals surface area contributed by atoms with Crippen molar-refractivity contribution in [1.82, 2.24) is 0 Å². The quantitative estimate of drug-likeness (QED) is 0.462. The first-order valence-corrected chi connectivity index (χ1v) is 4.60. The van der Waals surface area contributed by atoms with Gasteiger partial charge in [-0.25, -0.2) is 4.39 Å². The highest BCUT2D eigenvalue weighted by atomic mass is 19.1. The van der Waals surface area contributed by atoms with Crippen molar-refractivity contribution in [2.24, 2.45) is 5.73 Å². The average Bonchev–Trinajstić information content (AvgIpc) is 2.33. The topological polar surface area (TPSA) is 86.7 Å². The van der Waals surface area contributed by atoms with Crippen LogP contribution in [0.25, 0.3) is 0 Å². The van der Waals surface area contributed by atoms with Crippen LogP contribution in [-0.4, -0.2) is 48.5 Å². The van der Waals surface area contributed by atoms with Crippen molar-refractivity contribution >= 4 is 13.3 Å². The molecule has 0 bridgehead atoms. The zero-order valence-corrected chi connectivity index (χ0v) is 8.81. The second kappa shape index (κ2) is 7.35. The molecule has 5 N–H and O–H groups in total. The molecule has 6 heteroatoms. The molecular formula is C10H15BFNO3. The van der Waals surface area contributed by atoms with Crippen molar-refractivity contribution in [2.45, 2.75) is 5.54 Å². The lowest BCUT2D eigenvalue weighted by molar-refractivity contribution is 0.0698. The predicted octanol–water partition coefficient (Wildman–Crippen LogP) is -1.72. The minimum absolute atomic E-state index is 0.251. The summed E-state index contributed by atoms with van der Waals surface area (Å²) in [6, 6.07) is 5.70. The fraction of sp³-hybridized carbons (Fsp3) is 0.400. The minimum Gasteiger partial charge on any atom is -0.394 e. The van der Waals surface area contributed by atoms with E-state index in [-0.39, 0.29) is 5.82 Å². The van der Waals surface area contributed by atoms with Crippen molar-refractivity contribution in [2.75, 3.05) is 19.8 Å². The van der Waals surface area contributed by atoms with Crippen LogP contribution in [0, 0.1) is 5.82 Å². The number of aliphatic hydroxyl groups excluding tert-OH is 3. The van der Waals surface area contributed by atoms with Gasteiger partial charge in [-0.05, 0) is 12.1 Å². The first-order valence-electron chi connectivity index (χ1n) is 4.60. The summed E-state index contributed by atoms with van der Waals surface area (Å²) in [6.45, 7) is -1.21. The molecule has 0 aliphatic rings. The molecule has 0 saturated heterocycles. The third kappa shape index (κ3) is 5.82. The van der Waals surface area contributed by atoms with Crippen LogP contribution in [0.5, 0.6) is 0 Å². The lowest BCUT2D eigenvalue weighted by Gasteiger charge is -2.20. The average molecular weight is 227 g/mol. The molecule has 1 aromatic rings. The Morgan fingerprint density at radius 2 is 1.44 bits per heavy atom. The van der Waals surface area contributed by atoms with Gasteiger partial charge in [-0.2, -0.15) is 0 Å². The highest BCUT2D eigenvalue weighted by molar-refractivity contribution is 6.32. The van der Waals surface area contributed by atoms with Gasteiger partial charge in [0, 0.05) is 0 Å². The van der Waals surface area contributed by atoms with Gasteiger partial charge < -0.3 is 21.1 Å². The summed E-state index contributed by atoms with van der Waals surface area (Å²) in [4.78, 5) is 0. The number of aliphatic hydroxyl groups is 3. The maximum atomic E-state index is 12.0. The summed E-state index contributed by atoms with van der Waals surface area (Å²) in [5.74, 6) is -0.251. The molecule has 0 unspecified atom stereocenters. The normalized spacial score (nSPS) is 10.6. The van der Waals surface area contributed by atoms with Gasteiger partial charge in [-0.1, -0.05) is 17.6 Å². The molecule has 16 heavy (non-hydrogen) atoms. The van der Waals surface area contributed by atoms with E-state index >= 15 is 0 Å². The number of nitrogens with two attached hydrogens (primary N) is 1. The Kier molecular flexibility index (Phi) is 6.91. The molecule has 2 radical (unpaired) electrons. The Bertz CT molecular complexity index is 261. The summed E-state index contributed by atoms with van der Waals surface area (Å²) in [5, 5.41) is 25.0. The van der Waals surface area contributed by atoms with Crippen molar-refractivity contribution in [3.05, 3.63) is 30.1 Å². The number of rotatable bonds is 3. The molecule has 88 valence electrons. The SMILES string of the molecule is NC(CO)(CO)CO.[B]c1ccc(F)cc1. The van der Waals surface area contributed by atoms with Gasteiger partial charge >= 0.3 is 0 Å². The summed E-state index contributed by atoms with van der Waals surface area (Å²) >= 11 is 0. The number of halogens is 1. The van der Waals surface area contributed by atoms with Crippen LogP contribution in [0.2, 0.25) is 0 Å². The van der Waals surface area contributed by atoms with E-state index in [2.05, 4.69) is 0 Å². The maximum Gasteiger partial charge on any atom is 0.123 e. The summed E-state index contributed by atoms with van der Waals surface area (Å²) < 4.78 is 12.0. The molecule has 4 nitrogen and oxygen atoms in total. The fourth-order valence-electron chi connectivity index (χ4n) is 0.613. The van der Waals surface area contributed by atoms with Crippen molar-refractivity contribution in [1.29, 1.82) is 0 Å². The monoisotopic (exact) mass is 227 g/mol. The predicted molar refractivity (Wildman–Crippen MR) is 60.0 cm³/mol. The molecule has 0 heterocycles. The van der Waals surface area contributed by atoms with Gasteiger partial charge in [0.15, 0.2) is 0 Å². The standard InChI is InChI=1S/C6H4BF.C4H11NO3/c7-5-1-3-6(8)4-2-5;5-4(1-6,2-7)3-8/h1-4H;6-8H,1-3,5H2. The van der Waals surface area contributed by atoms with Crippen molar-refractivity contribution < 1.29 is 19.7 Å². The third-order valence-corrected chi connectivity index (χ3v) is 1.81. The largest absolute Gasteiger partial charge is 0.394 e. The fourth-order valence-corrected chi connectivity index (χ4v) is 0.613. The van der Waals surface area contributed by atoms with E-state index in [1.807, 2.05) is 0 Å². The molecule has 0 atom stereocenters. The molecule has 0 aliphatic carbocycles. The van der Waals surface area contributed by atoms with Crippen LogP contribution in [0.15, 0.2) is 24.3 Å². The molecule has 1 rings (SSSR count). The molecule has 0 fully saturated rings. The Hall–Kier alpha value is -0.945. The van der Waals surface area contributed by atoms with E-state index in [0.29, 0.717) is 5.46 Å². The van der Waals surface area contributed by atoms with Gasteiger partial charge in [0.25, 0.3) is 0 Å². The second-order valence-corrected chi connectivity index (χ2v) is 3.39. The van der Waals surface area contributed by atoms with Crippen LogP contribution in [0.3, 0.4) is 0 Å². The van der Waals surface area contributed by atoms with Crippen molar-refractivity contribution in [3.63, 3.8) is 0 Å². The number of hydrogen-bond acceptors (Lipinski definition) is 4. The molecule has 1 aromatic carbocycles. The number of benzene rings is 1. The Labute approximate surface area is 94.9 Å². The third-order valence-electron chi connectivity index (χ3n) is 1.81. The lowest BCUT2D eigenvalue weighted by Crippen LogP contribution is -2.50. The molecule has 0 saturated carbocycles. The lowest BCUT2D eigenvalue weighted by atomic mass is 9.97. The van der Waals surface area contributed by atoms with Crippen LogP contribution < -0.4 is 11.2 Å². The smallest absolute Gasteiger partial charge is 0.123 e. The zero-order chi connectivity index (χ0) is 12.6. The molecule has 0 spiro atoms. The van der Waals surface area contributed by atoms with Crippen LogP contribution >= 0.6 is 0 Å². The molecular weight excluding hydrogens is 212 g/mol. The van der Waals surface area contributed by atoms with Gasteiger partial charge in [0.2, 0.25) is 0 Å². The molecule has 0 amide bonds. The van der Waals surface area contributed by atoms with Gasteiger partial charge in [-0.3, -0.25) is 0 Å². The Morgan fingerprint density at radius 3 is 1.62 bits per heavy atom. The van der Waals surface area contributed by atoms with E-state index in [4.69, 9.17) is 28.9 Å². The Morgan fingerprint density at radius 1 is 1.06 bits per heavy atom. The van der Waals surface area contributed by atoms with Gasteiger partial charge in [-0.15, -0.1) is 0 Å². The van der Waals surface area contributed by atoms with Crippen LogP contribution in [-0.2, 0) is 0 Å². The first-order chi connectivity index (χ1) is 7.47. The van der Waals surface area contributed by atoms with E-state index in [9.17, 15) is 4.39 Å². The van der Waals surface area contributed by atoms with E-state index < -0.39 is 25.4 Å². The van der Waals surface area contributed by atoms with Gasteiger partial charge in [0.05, 0.1) is 25.4 Å². The second-order valence-electron chi connectivity index (χ2n) is 3.39. The summed E-state index contributed by atoms with van der Waals surface area (Å²) in [7, 11) is 5.26. The van der Waals surface area contributed by atoms with Crippen LogP contribution in [0.4, 0.5) is 4.39 Å². The minimum atomic E-state index is -1.21. The number of hydrogen-bond donors (Lipinski definition) is 4. The summed E-state index contributed by atoms with van der Waals surface area (Å²) in [5.41, 5.74) is 4.53. The van der Waals surface area contributed by atoms with E-state index in [0.717, 1.165) is 0 Å². The summed E-state index contributed by atoms with van der Waals surface area (Å²) in [6.07, 6.45) is 0. The first kappa shape index (κ1) is 15.1. The maximum absolute atomic E-state index is 12.0. The van der Waals surface area contributed by atoms with Gasteiger partial charge in [0.1, 0.15) is 13.7 Å². The highest BCUT2D eigenvalue weighted by Gasteiger charge is 2.20. The van der Waals surface area contributed by atoms with Crippen molar-refractivity contribution in [3.8, 4) is 0 Å².